The first-order chi connectivity index (χ1) is 13.1. The molecule has 0 radical (unpaired) electrons. The number of amides is 2. The van der Waals surface area contributed by atoms with E-state index >= 15 is 0 Å². The highest BCUT2D eigenvalue weighted by atomic mass is 16.2. The van der Waals surface area contributed by atoms with Gasteiger partial charge in [0.25, 0.3) is 5.91 Å². The SMILES string of the molecule is CC(=O)NCC1CCC(C(NC(=O)c2cccnc2)c2ccccn2)CC1. The van der Waals surface area contributed by atoms with Crippen LogP contribution in [0.1, 0.15) is 54.7 Å². The minimum absolute atomic E-state index is 0.0206. The summed E-state index contributed by atoms with van der Waals surface area (Å²) in [5.41, 5.74) is 1.44. The summed E-state index contributed by atoms with van der Waals surface area (Å²) >= 11 is 0. The maximum Gasteiger partial charge on any atom is 0.253 e. The van der Waals surface area contributed by atoms with Crippen LogP contribution in [0.3, 0.4) is 0 Å². The summed E-state index contributed by atoms with van der Waals surface area (Å²) in [5, 5.41) is 6.09. The monoisotopic (exact) mass is 366 g/mol. The smallest absolute Gasteiger partial charge is 0.253 e. The van der Waals surface area contributed by atoms with E-state index in [1.807, 2.05) is 18.2 Å². The molecule has 2 aromatic rings. The van der Waals surface area contributed by atoms with Crippen LogP contribution < -0.4 is 10.6 Å². The highest BCUT2D eigenvalue weighted by Crippen LogP contribution is 2.36. The number of carbonyl (C=O) groups excluding carboxylic acids is 2. The van der Waals surface area contributed by atoms with E-state index in [2.05, 4.69) is 20.6 Å². The Morgan fingerprint density at radius 3 is 2.56 bits per heavy atom. The number of rotatable bonds is 6. The lowest BCUT2D eigenvalue weighted by atomic mass is 9.77. The average molecular weight is 366 g/mol. The van der Waals surface area contributed by atoms with Crippen LogP contribution in [0, 0.1) is 11.8 Å². The molecule has 0 saturated heterocycles. The summed E-state index contributed by atoms with van der Waals surface area (Å²) in [4.78, 5) is 32.3. The Morgan fingerprint density at radius 1 is 1.11 bits per heavy atom. The zero-order chi connectivity index (χ0) is 19.1. The molecule has 1 saturated carbocycles. The van der Waals surface area contributed by atoms with Gasteiger partial charge in [-0.05, 0) is 61.8 Å². The van der Waals surface area contributed by atoms with Crippen molar-refractivity contribution in [1.82, 2.24) is 20.6 Å². The predicted molar refractivity (Wildman–Crippen MR) is 103 cm³/mol. The second kappa shape index (κ2) is 9.26. The van der Waals surface area contributed by atoms with Gasteiger partial charge in [-0.1, -0.05) is 6.07 Å². The summed E-state index contributed by atoms with van der Waals surface area (Å²) in [7, 11) is 0. The number of nitrogens with zero attached hydrogens (tertiary/aromatic N) is 2. The molecule has 1 unspecified atom stereocenters. The lowest BCUT2D eigenvalue weighted by molar-refractivity contribution is -0.119. The van der Waals surface area contributed by atoms with Gasteiger partial charge in [-0.25, -0.2) is 0 Å². The quantitative estimate of drug-likeness (QED) is 0.823. The van der Waals surface area contributed by atoms with Crippen molar-refractivity contribution in [3.05, 3.63) is 60.2 Å². The summed E-state index contributed by atoms with van der Waals surface area (Å²) in [5.74, 6) is 0.726. The summed E-state index contributed by atoms with van der Waals surface area (Å²) < 4.78 is 0. The zero-order valence-electron chi connectivity index (χ0n) is 15.6. The third-order valence-corrected chi connectivity index (χ3v) is 5.22. The number of hydrogen-bond donors (Lipinski definition) is 2. The molecule has 2 amide bonds. The van der Waals surface area contributed by atoms with Crippen LogP contribution >= 0.6 is 0 Å². The Kier molecular flexibility index (Phi) is 6.52. The van der Waals surface area contributed by atoms with E-state index in [0.717, 1.165) is 37.9 Å². The fraction of sp³-hybridized carbons (Fsp3) is 0.429. The Morgan fingerprint density at radius 2 is 1.93 bits per heavy atom. The molecule has 2 heterocycles. The van der Waals surface area contributed by atoms with Crippen molar-refractivity contribution in [2.45, 2.75) is 38.6 Å². The molecule has 0 aliphatic heterocycles. The molecule has 0 bridgehead atoms. The molecule has 1 fully saturated rings. The van der Waals surface area contributed by atoms with E-state index in [-0.39, 0.29) is 17.9 Å². The van der Waals surface area contributed by atoms with E-state index in [1.54, 1.807) is 37.6 Å². The van der Waals surface area contributed by atoms with Crippen LogP contribution in [0.5, 0.6) is 0 Å². The van der Waals surface area contributed by atoms with Gasteiger partial charge in [-0.15, -0.1) is 0 Å². The first-order valence-electron chi connectivity index (χ1n) is 9.49. The third-order valence-electron chi connectivity index (χ3n) is 5.22. The van der Waals surface area contributed by atoms with Crippen LogP contribution in [-0.2, 0) is 4.79 Å². The van der Waals surface area contributed by atoms with Gasteiger partial charge in [0.2, 0.25) is 5.91 Å². The van der Waals surface area contributed by atoms with E-state index in [1.165, 1.54) is 0 Å². The molecule has 6 heteroatoms. The summed E-state index contributed by atoms with van der Waals surface area (Å²) in [6.45, 7) is 2.29. The Hall–Kier alpha value is -2.76. The fourth-order valence-electron chi connectivity index (χ4n) is 3.73. The topological polar surface area (TPSA) is 84.0 Å². The van der Waals surface area contributed by atoms with Gasteiger partial charge in [0, 0.05) is 32.1 Å². The van der Waals surface area contributed by atoms with E-state index in [9.17, 15) is 9.59 Å². The molecular weight excluding hydrogens is 340 g/mol. The first-order valence-corrected chi connectivity index (χ1v) is 9.49. The highest BCUT2D eigenvalue weighted by molar-refractivity contribution is 5.94. The molecular formula is C21H26N4O2. The van der Waals surface area contributed by atoms with E-state index < -0.39 is 0 Å². The third kappa shape index (κ3) is 5.36. The van der Waals surface area contributed by atoms with Crippen molar-refractivity contribution in [2.24, 2.45) is 11.8 Å². The average Bonchev–Trinajstić information content (AvgIpc) is 2.72. The normalized spacial score (nSPS) is 20.5. The molecule has 6 nitrogen and oxygen atoms in total. The van der Waals surface area contributed by atoms with Gasteiger partial charge in [0.15, 0.2) is 0 Å². The molecule has 2 N–H and O–H groups in total. The second-order valence-corrected chi connectivity index (χ2v) is 7.17. The zero-order valence-corrected chi connectivity index (χ0v) is 15.6. The molecule has 142 valence electrons. The van der Waals surface area contributed by atoms with Crippen LogP contribution in [0.25, 0.3) is 0 Å². The van der Waals surface area contributed by atoms with Gasteiger partial charge in [-0.3, -0.25) is 19.6 Å². The van der Waals surface area contributed by atoms with Gasteiger partial charge >= 0.3 is 0 Å². The standard InChI is InChI=1S/C21H26N4O2/c1-15(26)24-13-16-7-9-17(10-8-16)20(19-6-2-3-12-23-19)25-21(27)18-5-4-11-22-14-18/h2-6,11-12,14,16-17,20H,7-10,13H2,1H3,(H,24,26)(H,25,27). The van der Waals surface area contributed by atoms with Crippen molar-refractivity contribution >= 4 is 11.8 Å². The highest BCUT2D eigenvalue weighted by Gasteiger charge is 2.30. The van der Waals surface area contributed by atoms with E-state index in [4.69, 9.17) is 0 Å². The maximum atomic E-state index is 12.7. The Labute approximate surface area is 159 Å². The number of carbonyl (C=O) groups is 2. The van der Waals surface area contributed by atoms with Gasteiger partial charge in [0.05, 0.1) is 17.3 Å². The maximum absolute atomic E-state index is 12.7. The van der Waals surface area contributed by atoms with Crippen molar-refractivity contribution in [2.75, 3.05) is 6.54 Å². The summed E-state index contributed by atoms with van der Waals surface area (Å²) in [6.07, 6.45) is 9.07. The number of pyridine rings is 2. The molecule has 2 aromatic heterocycles. The Bertz CT molecular complexity index is 743. The molecule has 3 rings (SSSR count). The lowest BCUT2D eigenvalue weighted by Gasteiger charge is -2.34. The molecule has 1 aliphatic carbocycles. The van der Waals surface area contributed by atoms with Crippen molar-refractivity contribution in [3.8, 4) is 0 Å². The van der Waals surface area contributed by atoms with Crippen LogP contribution in [0.2, 0.25) is 0 Å². The number of nitrogens with one attached hydrogen (secondary N) is 2. The second-order valence-electron chi connectivity index (χ2n) is 7.17. The van der Waals surface area contributed by atoms with E-state index in [0.29, 0.717) is 17.4 Å². The van der Waals surface area contributed by atoms with Crippen molar-refractivity contribution < 1.29 is 9.59 Å². The number of aromatic nitrogens is 2. The minimum Gasteiger partial charge on any atom is -0.356 e. The minimum atomic E-state index is -0.126. The van der Waals surface area contributed by atoms with Crippen LogP contribution in [0.15, 0.2) is 48.9 Å². The molecule has 0 spiro atoms. The largest absolute Gasteiger partial charge is 0.356 e. The number of hydrogen-bond acceptors (Lipinski definition) is 4. The van der Waals surface area contributed by atoms with Crippen LogP contribution in [-0.4, -0.2) is 28.3 Å². The fourth-order valence-corrected chi connectivity index (χ4v) is 3.73. The predicted octanol–water partition coefficient (Wildman–Crippen LogP) is 2.89. The van der Waals surface area contributed by atoms with Gasteiger partial charge in [0.1, 0.15) is 0 Å². The Balaban J connectivity index is 1.68. The molecule has 27 heavy (non-hydrogen) atoms. The molecule has 1 aliphatic rings. The molecule has 0 aromatic carbocycles. The lowest BCUT2D eigenvalue weighted by Crippen LogP contribution is -2.37. The molecule has 1 atom stereocenters. The summed E-state index contributed by atoms with van der Waals surface area (Å²) in [6, 6.07) is 9.21. The van der Waals surface area contributed by atoms with Gasteiger partial charge in [-0.2, -0.15) is 0 Å². The first kappa shape index (κ1) is 19.0. The van der Waals surface area contributed by atoms with Gasteiger partial charge < -0.3 is 10.6 Å². The van der Waals surface area contributed by atoms with Crippen molar-refractivity contribution in [1.29, 1.82) is 0 Å². The van der Waals surface area contributed by atoms with Crippen LogP contribution in [0.4, 0.5) is 0 Å². The van der Waals surface area contributed by atoms with Crippen molar-refractivity contribution in [3.63, 3.8) is 0 Å².